The lowest BCUT2D eigenvalue weighted by Gasteiger charge is -2.29. The molecule has 0 aliphatic carbocycles. The van der Waals surface area contributed by atoms with E-state index in [9.17, 15) is 22.0 Å². The minimum atomic E-state index is -3.39. The molecule has 0 saturated carbocycles. The molecule has 0 saturated heterocycles. The third kappa shape index (κ3) is 4.17. The van der Waals surface area contributed by atoms with E-state index in [-0.39, 0.29) is 5.56 Å². The number of hydrogen-bond donors (Lipinski definition) is 2. The van der Waals surface area contributed by atoms with E-state index in [1.807, 2.05) is 0 Å². The lowest BCUT2D eigenvalue weighted by atomic mass is 10.0. The molecule has 1 heterocycles. The number of aryl methyl sites for hydroxylation is 1. The molecule has 1 aromatic rings. The van der Waals surface area contributed by atoms with Crippen molar-refractivity contribution in [2.75, 3.05) is 30.2 Å². The maximum atomic E-state index is 13.1. The molecule has 0 radical (unpaired) electrons. The van der Waals surface area contributed by atoms with Crippen LogP contribution >= 0.6 is 0 Å². The first-order chi connectivity index (χ1) is 10.6. The van der Waals surface area contributed by atoms with E-state index in [4.69, 9.17) is 5.73 Å². The summed E-state index contributed by atoms with van der Waals surface area (Å²) in [7, 11) is -3.39. The number of nitrogens with one attached hydrogen (secondary N) is 1. The molecule has 0 aromatic heterocycles. The molecular weight excluding hydrogens is 328 g/mol. The number of carbonyl (C=O) groups is 1. The van der Waals surface area contributed by atoms with Crippen molar-refractivity contribution in [2.45, 2.75) is 18.8 Å². The van der Waals surface area contributed by atoms with Gasteiger partial charge in [0, 0.05) is 12.1 Å². The summed E-state index contributed by atoms with van der Waals surface area (Å²) in [4.78, 5) is 12.0. The van der Waals surface area contributed by atoms with Gasteiger partial charge in [-0.25, -0.2) is 17.2 Å². The molecular formula is C14H19F2N3O3S. The number of halogens is 2. The average Bonchev–Trinajstić information content (AvgIpc) is 2.50. The van der Waals surface area contributed by atoms with Crippen LogP contribution in [0.15, 0.2) is 18.2 Å². The van der Waals surface area contributed by atoms with Gasteiger partial charge in [-0.2, -0.15) is 0 Å². The van der Waals surface area contributed by atoms with Gasteiger partial charge in [0.1, 0.15) is 0 Å². The fourth-order valence-electron chi connectivity index (χ4n) is 2.43. The predicted molar refractivity (Wildman–Crippen MR) is 83.3 cm³/mol. The van der Waals surface area contributed by atoms with Crippen LogP contribution in [-0.4, -0.2) is 46.1 Å². The normalized spacial score (nSPS) is 15.2. The van der Waals surface area contributed by atoms with Gasteiger partial charge in [0.05, 0.1) is 25.0 Å². The van der Waals surface area contributed by atoms with Gasteiger partial charge in [-0.15, -0.1) is 0 Å². The second-order valence-electron chi connectivity index (χ2n) is 5.52. The molecule has 1 aliphatic heterocycles. The second kappa shape index (κ2) is 6.40. The zero-order valence-electron chi connectivity index (χ0n) is 12.7. The van der Waals surface area contributed by atoms with Gasteiger partial charge < -0.3 is 11.1 Å². The number of benzene rings is 1. The number of nitrogens with two attached hydrogens (primary N) is 1. The van der Waals surface area contributed by atoms with E-state index in [1.165, 1.54) is 16.4 Å². The van der Waals surface area contributed by atoms with Crippen molar-refractivity contribution < 1.29 is 22.0 Å². The van der Waals surface area contributed by atoms with Crippen LogP contribution in [0.1, 0.15) is 22.3 Å². The summed E-state index contributed by atoms with van der Waals surface area (Å²) in [5, 5.41) is 2.14. The number of carbonyl (C=O) groups excluding carboxylic acids is 1. The van der Waals surface area contributed by atoms with Crippen molar-refractivity contribution in [3.05, 3.63) is 29.3 Å². The summed E-state index contributed by atoms with van der Waals surface area (Å²) in [6, 6.07) is 4.51. The standard InChI is InChI=1S/C14H19F2N3O3S/c1-23(21,22)19-6-2-3-10-7-11(4-5-12(10)19)13(20)18-9-14(15,16)8-17/h4-5,7H,2-3,6,8-9,17H2,1H3,(H,18,20). The third-order valence-electron chi connectivity index (χ3n) is 3.62. The largest absolute Gasteiger partial charge is 0.346 e. The van der Waals surface area contributed by atoms with Gasteiger partial charge in [-0.3, -0.25) is 9.10 Å². The smallest absolute Gasteiger partial charge is 0.277 e. The van der Waals surface area contributed by atoms with Crippen LogP contribution in [0.5, 0.6) is 0 Å². The molecule has 0 bridgehead atoms. The Bertz CT molecular complexity index is 707. The topological polar surface area (TPSA) is 92.5 Å². The van der Waals surface area contributed by atoms with Crippen molar-refractivity contribution in [1.29, 1.82) is 0 Å². The van der Waals surface area contributed by atoms with Crippen LogP contribution in [0.3, 0.4) is 0 Å². The SMILES string of the molecule is CS(=O)(=O)N1CCCc2cc(C(=O)NCC(F)(F)CN)ccc21. The molecule has 128 valence electrons. The highest BCUT2D eigenvalue weighted by Crippen LogP contribution is 2.29. The number of amides is 1. The van der Waals surface area contributed by atoms with Crippen molar-refractivity contribution >= 4 is 21.6 Å². The van der Waals surface area contributed by atoms with E-state index >= 15 is 0 Å². The number of hydrogen-bond acceptors (Lipinski definition) is 4. The molecule has 1 amide bonds. The zero-order valence-corrected chi connectivity index (χ0v) is 13.5. The maximum absolute atomic E-state index is 13.1. The fraction of sp³-hybridized carbons (Fsp3) is 0.500. The first kappa shape index (κ1) is 17.6. The van der Waals surface area contributed by atoms with Crippen molar-refractivity contribution in [3.8, 4) is 0 Å². The molecule has 0 unspecified atom stereocenters. The molecule has 0 spiro atoms. The van der Waals surface area contributed by atoms with Gasteiger partial charge in [-0.05, 0) is 36.6 Å². The van der Waals surface area contributed by atoms with Gasteiger partial charge >= 0.3 is 0 Å². The molecule has 9 heteroatoms. The summed E-state index contributed by atoms with van der Waals surface area (Å²) in [5.41, 5.74) is 6.37. The quantitative estimate of drug-likeness (QED) is 0.821. The molecule has 6 nitrogen and oxygen atoms in total. The summed E-state index contributed by atoms with van der Waals surface area (Å²) < 4.78 is 51.0. The highest BCUT2D eigenvalue weighted by atomic mass is 32.2. The second-order valence-corrected chi connectivity index (χ2v) is 7.43. The van der Waals surface area contributed by atoms with E-state index < -0.39 is 34.9 Å². The maximum Gasteiger partial charge on any atom is 0.277 e. The van der Waals surface area contributed by atoms with Crippen molar-refractivity contribution in [3.63, 3.8) is 0 Å². The lowest BCUT2D eigenvalue weighted by Crippen LogP contribution is -2.41. The van der Waals surface area contributed by atoms with Gasteiger partial charge in [0.2, 0.25) is 10.0 Å². The van der Waals surface area contributed by atoms with Crippen molar-refractivity contribution in [1.82, 2.24) is 5.32 Å². The molecule has 0 atom stereocenters. The minimum Gasteiger partial charge on any atom is -0.346 e. The summed E-state index contributed by atoms with van der Waals surface area (Å²) in [6.45, 7) is -1.30. The number of nitrogens with zero attached hydrogens (tertiary/aromatic N) is 1. The number of rotatable bonds is 5. The minimum absolute atomic E-state index is 0.215. The first-order valence-electron chi connectivity index (χ1n) is 7.11. The Morgan fingerprint density at radius 2 is 2.13 bits per heavy atom. The molecule has 1 aliphatic rings. The Labute approximate surface area is 133 Å². The number of sulfonamides is 1. The molecule has 1 aromatic carbocycles. The van der Waals surface area contributed by atoms with Crippen LogP contribution in [0.2, 0.25) is 0 Å². The fourth-order valence-corrected chi connectivity index (χ4v) is 3.43. The van der Waals surface area contributed by atoms with Crippen LogP contribution in [0.25, 0.3) is 0 Å². The van der Waals surface area contributed by atoms with Crippen LogP contribution in [-0.2, 0) is 16.4 Å². The Morgan fingerprint density at radius 3 is 2.74 bits per heavy atom. The predicted octanol–water partition coefficient (Wildman–Crippen LogP) is 0.723. The number of fused-ring (bicyclic) bond motifs is 1. The Balaban J connectivity index is 2.20. The molecule has 2 rings (SSSR count). The Morgan fingerprint density at radius 1 is 1.43 bits per heavy atom. The molecule has 0 fully saturated rings. The van der Waals surface area contributed by atoms with Gasteiger partial charge in [-0.1, -0.05) is 0 Å². The Kier molecular flexibility index (Phi) is 4.90. The van der Waals surface area contributed by atoms with Gasteiger partial charge in [0.15, 0.2) is 0 Å². The third-order valence-corrected chi connectivity index (χ3v) is 4.80. The highest BCUT2D eigenvalue weighted by molar-refractivity contribution is 7.92. The number of alkyl halides is 2. The van der Waals surface area contributed by atoms with Crippen LogP contribution < -0.4 is 15.4 Å². The Hall–Kier alpha value is -1.74. The van der Waals surface area contributed by atoms with E-state index in [0.29, 0.717) is 30.6 Å². The van der Waals surface area contributed by atoms with E-state index in [2.05, 4.69) is 5.32 Å². The zero-order chi connectivity index (χ0) is 17.3. The highest BCUT2D eigenvalue weighted by Gasteiger charge is 2.28. The van der Waals surface area contributed by atoms with Crippen LogP contribution in [0.4, 0.5) is 14.5 Å². The van der Waals surface area contributed by atoms with Gasteiger partial charge in [0.25, 0.3) is 11.8 Å². The summed E-state index contributed by atoms with van der Waals surface area (Å²) in [6.07, 6.45) is 2.38. The first-order valence-corrected chi connectivity index (χ1v) is 8.95. The van der Waals surface area contributed by atoms with E-state index in [1.54, 1.807) is 6.07 Å². The molecule has 3 N–H and O–H groups in total. The van der Waals surface area contributed by atoms with Crippen molar-refractivity contribution in [2.24, 2.45) is 5.73 Å². The van der Waals surface area contributed by atoms with E-state index in [0.717, 1.165) is 6.26 Å². The lowest BCUT2D eigenvalue weighted by molar-refractivity contribution is 0.0118. The molecule has 23 heavy (non-hydrogen) atoms. The van der Waals surface area contributed by atoms with Crippen LogP contribution in [0, 0.1) is 0 Å². The average molecular weight is 347 g/mol. The number of anilines is 1. The summed E-state index contributed by atoms with van der Waals surface area (Å²) >= 11 is 0. The summed E-state index contributed by atoms with van der Waals surface area (Å²) in [5.74, 6) is -3.80. The monoisotopic (exact) mass is 347 g/mol.